The van der Waals surface area contributed by atoms with E-state index in [9.17, 15) is 9.59 Å². The van der Waals surface area contributed by atoms with Crippen LogP contribution in [0.3, 0.4) is 0 Å². The molecule has 0 heterocycles. The Morgan fingerprint density at radius 3 is 2.56 bits per heavy atom. The number of carbonyl (C=O) groups excluding carboxylic acids is 1. The molecule has 0 bridgehead atoms. The van der Waals surface area contributed by atoms with Crippen molar-refractivity contribution in [2.24, 2.45) is 5.41 Å². The molecule has 6 heteroatoms. The van der Waals surface area contributed by atoms with Crippen molar-refractivity contribution in [2.45, 2.75) is 13.8 Å². The number of nitrogen functional groups attached to an aromatic ring is 1. The van der Waals surface area contributed by atoms with E-state index in [1.807, 2.05) is 0 Å². The van der Waals surface area contributed by atoms with Gasteiger partial charge in [0, 0.05) is 12.1 Å². The van der Waals surface area contributed by atoms with E-state index in [0.29, 0.717) is 16.3 Å². The van der Waals surface area contributed by atoms with Gasteiger partial charge in [0.1, 0.15) is 0 Å². The maximum atomic E-state index is 11.8. The van der Waals surface area contributed by atoms with Crippen molar-refractivity contribution < 1.29 is 14.7 Å². The molecule has 1 aromatic carbocycles. The number of amides is 1. The van der Waals surface area contributed by atoms with Gasteiger partial charge in [-0.2, -0.15) is 0 Å². The van der Waals surface area contributed by atoms with E-state index in [4.69, 9.17) is 22.4 Å². The quantitative estimate of drug-likeness (QED) is 0.727. The highest BCUT2D eigenvalue weighted by Gasteiger charge is 2.27. The summed E-state index contributed by atoms with van der Waals surface area (Å²) < 4.78 is 0. The third kappa shape index (κ3) is 3.37. The van der Waals surface area contributed by atoms with E-state index in [0.717, 1.165) is 0 Å². The molecule has 0 spiro atoms. The molecule has 1 rings (SSSR count). The average molecular weight is 271 g/mol. The zero-order valence-electron chi connectivity index (χ0n) is 10.2. The number of nitrogens with one attached hydrogen (secondary N) is 1. The second kappa shape index (κ2) is 5.27. The first kappa shape index (κ1) is 14.3. The molecule has 5 nitrogen and oxygen atoms in total. The monoisotopic (exact) mass is 270 g/mol. The van der Waals surface area contributed by atoms with Gasteiger partial charge in [-0.05, 0) is 32.0 Å². The van der Waals surface area contributed by atoms with Crippen LogP contribution >= 0.6 is 11.6 Å². The standard InChI is InChI=1S/C12H15ClN2O3/c1-12(2,11(17)18)6-15-10(16)7-3-4-9(14)8(13)5-7/h3-5H,6,14H2,1-2H3,(H,15,16)(H,17,18). The van der Waals surface area contributed by atoms with Crippen LogP contribution in [0.1, 0.15) is 24.2 Å². The normalized spacial score (nSPS) is 11.1. The molecule has 0 unspecified atom stereocenters. The Labute approximate surface area is 110 Å². The Bertz CT molecular complexity index is 486. The number of nitrogens with two attached hydrogens (primary N) is 1. The second-order valence-electron chi connectivity index (χ2n) is 4.61. The summed E-state index contributed by atoms with van der Waals surface area (Å²) >= 11 is 5.80. The SMILES string of the molecule is CC(C)(CNC(=O)c1ccc(N)c(Cl)c1)C(=O)O. The topological polar surface area (TPSA) is 92.4 Å². The van der Waals surface area contributed by atoms with Gasteiger partial charge in [-0.25, -0.2) is 0 Å². The highest BCUT2D eigenvalue weighted by atomic mass is 35.5. The number of carboxylic acid groups (broad SMARTS) is 1. The number of carboxylic acids is 1. The molecule has 0 atom stereocenters. The Hall–Kier alpha value is -1.75. The number of anilines is 1. The summed E-state index contributed by atoms with van der Waals surface area (Å²) in [7, 11) is 0. The van der Waals surface area contributed by atoms with Crippen LogP contribution in [0.5, 0.6) is 0 Å². The number of aliphatic carboxylic acids is 1. The minimum atomic E-state index is -1.02. The van der Waals surface area contributed by atoms with E-state index < -0.39 is 11.4 Å². The lowest BCUT2D eigenvalue weighted by Gasteiger charge is -2.19. The Balaban J connectivity index is 2.72. The number of hydrogen-bond acceptors (Lipinski definition) is 3. The van der Waals surface area contributed by atoms with Gasteiger partial charge < -0.3 is 16.2 Å². The smallest absolute Gasteiger partial charge is 0.310 e. The molecule has 0 aliphatic heterocycles. The molecule has 0 aromatic heterocycles. The summed E-state index contributed by atoms with van der Waals surface area (Å²) in [4.78, 5) is 22.7. The molecule has 0 aliphatic carbocycles. The van der Waals surface area contributed by atoms with Crippen molar-refractivity contribution in [1.82, 2.24) is 5.32 Å². The number of hydrogen-bond donors (Lipinski definition) is 3. The summed E-state index contributed by atoms with van der Waals surface area (Å²) in [6, 6.07) is 4.50. The molecule has 1 amide bonds. The van der Waals surface area contributed by atoms with Crippen LogP contribution in [0.15, 0.2) is 18.2 Å². The molecular formula is C12H15ClN2O3. The third-order valence-electron chi connectivity index (χ3n) is 2.53. The van der Waals surface area contributed by atoms with Crippen LogP contribution in [0.4, 0.5) is 5.69 Å². The van der Waals surface area contributed by atoms with Crippen LogP contribution in [-0.2, 0) is 4.79 Å². The van der Waals surface area contributed by atoms with Gasteiger partial charge >= 0.3 is 5.97 Å². The Morgan fingerprint density at radius 1 is 1.44 bits per heavy atom. The number of rotatable bonds is 4. The summed E-state index contributed by atoms with van der Waals surface area (Å²) in [6.45, 7) is 3.10. The Kier molecular flexibility index (Phi) is 4.19. The lowest BCUT2D eigenvalue weighted by atomic mass is 9.94. The van der Waals surface area contributed by atoms with Crippen molar-refractivity contribution >= 4 is 29.2 Å². The van der Waals surface area contributed by atoms with Crippen LogP contribution in [0, 0.1) is 5.41 Å². The highest BCUT2D eigenvalue weighted by Crippen LogP contribution is 2.20. The maximum Gasteiger partial charge on any atom is 0.310 e. The third-order valence-corrected chi connectivity index (χ3v) is 2.86. The number of benzene rings is 1. The molecule has 4 N–H and O–H groups in total. The average Bonchev–Trinajstić information content (AvgIpc) is 2.29. The molecule has 1 aromatic rings. The van der Waals surface area contributed by atoms with Crippen molar-refractivity contribution in [2.75, 3.05) is 12.3 Å². The molecular weight excluding hydrogens is 256 g/mol. The van der Waals surface area contributed by atoms with Gasteiger partial charge in [0.05, 0.1) is 16.1 Å². The van der Waals surface area contributed by atoms with Crippen molar-refractivity contribution in [3.63, 3.8) is 0 Å². The summed E-state index contributed by atoms with van der Waals surface area (Å²) in [5.41, 5.74) is 5.24. The zero-order valence-corrected chi connectivity index (χ0v) is 10.9. The molecule has 0 aliphatic rings. The van der Waals surface area contributed by atoms with Gasteiger partial charge in [-0.3, -0.25) is 9.59 Å². The predicted octanol–water partition coefficient (Wildman–Crippen LogP) is 1.76. The van der Waals surface area contributed by atoms with Crippen LogP contribution < -0.4 is 11.1 Å². The largest absolute Gasteiger partial charge is 0.481 e. The first-order chi connectivity index (χ1) is 8.24. The van der Waals surface area contributed by atoms with Gasteiger partial charge in [-0.15, -0.1) is 0 Å². The van der Waals surface area contributed by atoms with Gasteiger partial charge in [0.2, 0.25) is 0 Å². The number of halogens is 1. The van der Waals surface area contributed by atoms with Crippen LogP contribution in [0.25, 0.3) is 0 Å². The fourth-order valence-corrected chi connectivity index (χ4v) is 1.33. The zero-order chi connectivity index (χ0) is 13.9. The molecule has 0 fully saturated rings. The lowest BCUT2D eigenvalue weighted by molar-refractivity contribution is -0.146. The lowest BCUT2D eigenvalue weighted by Crippen LogP contribution is -2.38. The first-order valence-corrected chi connectivity index (χ1v) is 5.68. The fraction of sp³-hybridized carbons (Fsp3) is 0.333. The predicted molar refractivity (Wildman–Crippen MR) is 69.6 cm³/mol. The highest BCUT2D eigenvalue weighted by molar-refractivity contribution is 6.33. The molecule has 0 saturated carbocycles. The van der Waals surface area contributed by atoms with Crippen molar-refractivity contribution in [1.29, 1.82) is 0 Å². The molecule has 0 radical (unpaired) electrons. The van der Waals surface area contributed by atoms with E-state index in [1.165, 1.54) is 32.0 Å². The van der Waals surface area contributed by atoms with Crippen molar-refractivity contribution in [3.8, 4) is 0 Å². The minimum Gasteiger partial charge on any atom is -0.481 e. The molecule has 18 heavy (non-hydrogen) atoms. The Morgan fingerprint density at radius 2 is 2.06 bits per heavy atom. The number of carbonyl (C=O) groups is 2. The van der Waals surface area contributed by atoms with Crippen LogP contribution in [-0.4, -0.2) is 23.5 Å². The second-order valence-corrected chi connectivity index (χ2v) is 5.02. The van der Waals surface area contributed by atoms with E-state index in [2.05, 4.69) is 5.32 Å². The van der Waals surface area contributed by atoms with Crippen LogP contribution in [0.2, 0.25) is 5.02 Å². The minimum absolute atomic E-state index is 0.0309. The fourth-order valence-electron chi connectivity index (χ4n) is 1.15. The van der Waals surface area contributed by atoms with Gasteiger partial charge in [0.25, 0.3) is 5.91 Å². The first-order valence-electron chi connectivity index (χ1n) is 5.30. The summed E-state index contributed by atoms with van der Waals surface area (Å²) in [6.07, 6.45) is 0. The van der Waals surface area contributed by atoms with Gasteiger partial charge in [0.15, 0.2) is 0 Å². The molecule has 98 valence electrons. The van der Waals surface area contributed by atoms with E-state index >= 15 is 0 Å². The van der Waals surface area contributed by atoms with E-state index in [-0.39, 0.29) is 12.5 Å². The van der Waals surface area contributed by atoms with E-state index in [1.54, 1.807) is 0 Å². The van der Waals surface area contributed by atoms with Gasteiger partial charge in [-0.1, -0.05) is 11.6 Å². The van der Waals surface area contributed by atoms with Crippen molar-refractivity contribution in [3.05, 3.63) is 28.8 Å². The molecule has 0 saturated heterocycles. The summed E-state index contributed by atoms with van der Waals surface area (Å²) in [5.74, 6) is -1.36. The maximum absolute atomic E-state index is 11.8. The summed E-state index contributed by atoms with van der Waals surface area (Å²) in [5, 5.41) is 11.8.